The fourth-order valence-corrected chi connectivity index (χ4v) is 11.2. The molecular weight excluding hydrogens is 776 g/mol. The van der Waals surface area contributed by atoms with Crippen LogP contribution in [0.25, 0.3) is 0 Å². The molecule has 0 amide bonds. The summed E-state index contributed by atoms with van der Waals surface area (Å²) in [6.07, 6.45) is 3.01. The molecule has 6 aliphatic heterocycles. The number of hydrogen-bond donors (Lipinski definition) is 5. The number of rotatable bonds is 13. The van der Waals surface area contributed by atoms with E-state index in [1.807, 2.05) is 40.7 Å². The Morgan fingerprint density at radius 2 is 1.65 bits per heavy atom. The van der Waals surface area contributed by atoms with Crippen LogP contribution < -0.4 is 0 Å². The summed E-state index contributed by atoms with van der Waals surface area (Å²) in [5.41, 5.74) is -1.07. The van der Waals surface area contributed by atoms with Crippen molar-refractivity contribution in [3.8, 4) is 0 Å². The van der Waals surface area contributed by atoms with Gasteiger partial charge in [-0.3, -0.25) is 9.59 Å². The van der Waals surface area contributed by atoms with E-state index in [0.717, 1.165) is 0 Å². The fraction of sp³-hybridized carbons (Fsp3) is 0.913. The fourth-order valence-electron chi connectivity index (χ4n) is 11.2. The van der Waals surface area contributed by atoms with Gasteiger partial charge in [0.25, 0.3) is 0 Å². The molecule has 19 unspecified atom stereocenters. The number of Topliss-reactive ketones (excluding diaryl/α,β-unsaturated/α-hetero) is 1. The van der Waals surface area contributed by atoms with Crippen molar-refractivity contribution in [2.45, 2.75) is 212 Å². The highest BCUT2D eigenvalue weighted by Gasteiger charge is 2.65. The van der Waals surface area contributed by atoms with Gasteiger partial charge in [0, 0.05) is 54.8 Å². The maximum atomic E-state index is 13.7. The van der Waals surface area contributed by atoms with Gasteiger partial charge < -0.3 is 58.7 Å². The molecule has 6 fully saturated rings. The summed E-state index contributed by atoms with van der Waals surface area (Å²) in [6.45, 7) is 18.9. The van der Waals surface area contributed by atoms with E-state index < -0.39 is 89.6 Å². The lowest BCUT2D eigenvalue weighted by molar-refractivity contribution is -0.388. The van der Waals surface area contributed by atoms with E-state index >= 15 is 0 Å². The minimum Gasteiger partial charge on any atom is -0.481 e. The Labute approximate surface area is 357 Å². The van der Waals surface area contributed by atoms with Crippen LogP contribution in [0.5, 0.6) is 0 Å². The number of aliphatic carboxylic acids is 1. The lowest BCUT2D eigenvalue weighted by Gasteiger charge is -2.54. The van der Waals surface area contributed by atoms with Gasteiger partial charge >= 0.3 is 5.97 Å². The third-order valence-corrected chi connectivity index (χ3v) is 15.5. The molecule has 6 saturated heterocycles. The van der Waals surface area contributed by atoms with Crippen LogP contribution in [-0.4, -0.2) is 122 Å². The molecule has 0 saturated carbocycles. The molecule has 2 spiro atoms. The van der Waals surface area contributed by atoms with E-state index in [4.69, 9.17) is 33.2 Å². The predicted molar refractivity (Wildman–Crippen MR) is 219 cm³/mol. The minimum absolute atomic E-state index is 0.0521. The zero-order valence-corrected chi connectivity index (χ0v) is 37.8. The Morgan fingerprint density at radius 1 is 0.933 bits per heavy atom. The smallest absolute Gasteiger partial charge is 0.306 e. The average Bonchev–Trinajstić information content (AvgIpc) is 3.70. The van der Waals surface area contributed by atoms with Crippen molar-refractivity contribution in [1.82, 2.24) is 0 Å². The number of aliphatic hydroxyl groups excluding tert-OH is 3. The van der Waals surface area contributed by atoms with Crippen molar-refractivity contribution in [2.24, 2.45) is 40.9 Å². The topological polar surface area (TPSA) is 200 Å². The standard InChI is InChI=1S/C46H76O14/c1-11-12-32(39(50)25(2)17-27(4)41(51)52)21-42(9)24-54-44(22-36(42)49)16-15-43(10,60-44)37-20-34(56-38-14-13-33(48)31(8)55-38)30(7)46(58-37)29(6)19-35(57-46)40-26(3)18-28(5)45(53,23-47)59-40/h12,25-31,33-38,40,47-49,53H,11,13-24H2,1-10H3,(H,51,52). The van der Waals surface area contributed by atoms with Crippen LogP contribution in [0.1, 0.15) is 140 Å². The molecule has 5 N–H and O–H groups in total. The molecule has 344 valence electrons. The van der Waals surface area contributed by atoms with Crippen LogP contribution in [0, 0.1) is 40.9 Å². The molecule has 19 atom stereocenters. The van der Waals surface area contributed by atoms with E-state index in [2.05, 4.69) is 20.8 Å². The number of allylic oxidation sites excluding steroid dienone is 2. The van der Waals surface area contributed by atoms with Crippen LogP contribution in [0.4, 0.5) is 0 Å². The monoisotopic (exact) mass is 853 g/mol. The van der Waals surface area contributed by atoms with E-state index in [9.17, 15) is 35.1 Å². The highest BCUT2D eigenvalue weighted by Crippen LogP contribution is 2.57. The molecular formula is C46H76O14. The number of ketones is 1. The van der Waals surface area contributed by atoms with Crippen molar-refractivity contribution >= 4 is 11.8 Å². The van der Waals surface area contributed by atoms with Crippen molar-refractivity contribution in [1.29, 1.82) is 0 Å². The molecule has 0 aromatic heterocycles. The van der Waals surface area contributed by atoms with Crippen molar-refractivity contribution in [2.75, 3.05) is 13.2 Å². The number of carboxylic acids is 1. The number of hydrogen-bond acceptors (Lipinski definition) is 13. The average molecular weight is 853 g/mol. The molecule has 0 aromatic rings. The first-order valence-electron chi connectivity index (χ1n) is 22.9. The Kier molecular flexibility index (Phi) is 14.5. The quantitative estimate of drug-likeness (QED) is 0.143. The largest absolute Gasteiger partial charge is 0.481 e. The van der Waals surface area contributed by atoms with Gasteiger partial charge in [-0.15, -0.1) is 0 Å². The summed E-state index contributed by atoms with van der Waals surface area (Å²) in [5, 5.41) is 53.1. The van der Waals surface area contributed by atoms with Crippen LogP contribution in [-0.2, 0) is 42.7 Å². The predicted octanol–water partition coefficient (Wildman–Crippen LogP) is 5.64. The SMILES string of the molecule is CCC=C(CC1(C)COC2(CCC(C)(C3CC(OC4CCC(O)C(C)O4)C(C)C4(OC(C5OC(O)(CO)C(C)CC5C)CC4C)O3)O2)CC1O)C(=O)C(C)CC(C)C(=O)O. The van der Waals surface area contributed by atoms with Gasteiger partial charge in [-0.1, -0.05) is 61.5 Å². The highest BCUT2D eigenvalue weighted by molar-refractivity contribution is 5.97. The van der Waals surface area contributed by atoms with Crippen LogP contribution in [0.15, 0.2) is 11.6 Å². The summed E-state index contributed by atoms with van der Waals surface area (Å²) < 4.78 is 47.3. The summed E-state index contributed by atoms with van der Waals surface area (Å²) >= 11 is 0. The lowest BCUT2D eigenvalue weighted by atomic mass is 9.72. The van der Waals surface area contributed by atoms with E-state index in [1.165, 1.54) is 0 Å². The number of aliphatic hydroxyl groups is 4. The van der Waals surface area contributed by atoms with Gasteiger partial charge in [0.05, 0.1) is 67.5 Å². The summed E-state index contributed by atoms with van der Waals surface area (Å²) in [7, 11) is 0. The molecule has 6 rings (SSSR count). The Balaban J connectivity index is 1.21. The number of carbonyl (C=O) groups is 2. The molecule has 0 aromatic carbocycles. The number of ether oxygens (including phenoxy) is 7. The summed E-state index contributed by atoms with van der Waals surface area (Å²) in [4.78, 5) is 25.2. The maximum Gasteiger partial charge on any atom is 0.306 e. The van der Waals surface area contributed by atoms with E-state index in [-0.39, 0.29) is 61.1 Å². The first kappa shape index (κ1) is 47.9. The van der Waals surface area contributed by atoms with Crippen LogP contribution >= 0.6 is 0 Å². The van der Waals surface area contributed by atoms with Gasteiger partial charge in [0.2, 0.25) is 0 Å². The van der Waals surface area contributed by atoms with Crippen molar-refractivity contribution in [3.63, 3.8) is 0 Å². The second-order valence-electron chi connectivity index (χ2n) is 20.5. The van der Waals surface area contributed by atoms with Crippen LogP contribution in [0.2, 0.25) is 0 Å². The normalized spacial score (nSPS) is 48.7. The molecule has 0 aliphatic carbocycles. The lowest BCUT2D eigenvalue weighted by Crippen LogP contribution is -2.63. The Morgan fingerprint density at radius 3 is 2.28 bits per heavy atom. The van der Waals surface area contributed by atoms with E-state index in [1.54, 1.807) is 13.8 Å². The third-order valence-electron chi connectivity index (χ3n) is 15.5. The molecule has 0 bridgehead atoms. The van der Waals surface area contributed by atoms with Gasteiger partial charge in [-0.2, -0.15) is 0 Å². The van der Waals surface area contributed by atoms with Gasteiger partial charge in [0.15, 0.2) is 29.4 Å². The highest BCUT2D eigenvalue weighted by atomic mass is 16.8. The second kappa shape index (κ2) is 18.1. The van der Waals surface area contributed by atoms with Gasteiger partial charge in [-0.05, 0) is 70.3 Å². The molecule has 60 heavy (non-hydrogen) atoms. The molecule has 0 radical (unpaired) electrons. The number of carbonyl (C=O) groups excluding carboxylic acids is 1. The second-order valence-corrected chi connectivity index (χ2v) is 20.5. The third kappa shape index (κ3) is 9.32. The molecule has 6 aliphatic rings. The summed E-state index contributed by atoms with van der Waals surface area (Å²) in [6, 6.07) is 0. The molecule has 6 heterocycles. The Hall–Kier alpha value is -1.56. The Bertz CT molecular complexity index is 1560. The zero-order chi connectivity index (χ0) is 44.2. The van der Waals surface area contributed by atoms with Crippen molar-refractivity contribution < 1.29 is 68.3 Å². The van der Waals surface area contributed by atoms with Crippen molar-refractivity contribution in [3.05, 3.63) is 11.6 Å². The molecule has 14 nitrogen and oxygen atoms in total. The van der Waals surface area contributed by atoms with E-state index in [0.29, 0.717) is 63.4 Å². The maximum absolute atomic E-state index is 13.7. The first-order valence-corrected chi connectivity index (χ1v) is 22.9. The van der Waals surface area contributed by atoms with Gasteiger partial charge in [-0.25, -0.2) is 0 Å². The first-order chi connectivity index (χ1) is 28.0. The summed E-state index contributed by atoms with van der Waals surface area (Å²) in [5.74, 6) is -6.63. The number of carboxylic acid groups (broad SMARTS) is 1. The molecule has 14 heteroatoms. The zero-order valence-electron chi connectivity index (χ0n) is 37.8. The minimum atomic E-state index is -1.67. The van der Waals surface area contributed by atoms with Gasteiger partial charge in [0.1, 0.15) is 0 Å². The van der Waals surface area contributed by atoms with Crippen LogP contribution in [0.3, 0.4) is 0 Å².